The Morgan fingerprint density at radius 3 is 2.13 bits per heavy atom. The highest BCUT2D eigenvalue weighted by Crippen LogP contribution is 2.19. The Kier molecular flexibility index (Phi) is 9.12. The van der Waals surface area contributed by atoms with E-state index in [1.165, 1.54) is 12.8 Å². The van der Waals surface area contributed by atoms with Gasteiger partial charge in [-0.2, -0.15) is 0 Å². The van der Waals surface area contributed by atoms with Crippen LogP contribution in [0, 0.1) is 11.8 Å². The molecule has 0 spiro atoms. The standard InChI is InChI=1S/C13H28O2/c1-6-12(10-14-4)13(15-5)9-7-8-11(2)3/h11-13H,6-10H2,1-5H3. The van der Waals surface area contributed by atoms with Crippen LogP contribution in [-0.2, 0) is 9.47 Å². The van der Waals surface area contributed by atoms with Gasteiger partial charge in [-0.05, 0) is 18.8 Å². The fraction of sp³-hybridized carbons (Fsp3) is 1.00. The van der Waals surface area contributed by atoms with E-state index in [1.807, 2.05) is 7.11 Å². The molecule has 0 fully saturated rings. The molecule has 15 heavy (non-hydrogen) atoms. The molecule has 0 aromatic heterocycles. The van der Waals surface area contributed by atoms with E-state index in [1.54, 1.807) is 7.11 Å². The van der Waals surface area contributed by atoms with Crippen LogP contribution in [0.5, 0.6) is 0 Å². The summed E-state index contributed by atoms with van der Waals surface area (Å²) >= 11 is 0. The van der Waals surface area contributed by atoms with E-state index in [2.05, 4.69) is 20.8 Å². The monoisotopic (exact) mass is 216 g/mol. The van der Waals surface area contributed by atoms with Gasteiger partial charge in [-0.1, -0.05) is 33.6 Å². The molecule has 0 saturated carbocycles. The van der Waals surface area contributed by atoms with E-state index < -0.39 is 0 Å². The average molecular weight is 216 g/mol. The van der Waals surface area contributed by atoms with E-state index in [4.69, 9.17) is 9.47 Å². The van der Waals surface area contributed by atoms with Gasteiger partial charge >= 0.3 is 0 Å². The van der Waals surface area contributed by atoms with Crippen molar-refractivity contribution in [2.75, 3.05) is 20.8 Å². The third-order valence-electron chi connectivity index (χ3n) is 3.00. The third kappa shape index (κ3) is 6.91. The van der Waals surface area contributed by atoms with Crippen molar-refractivity contribution in [1.29, 1.82) is 0 Å². The van der Waals surface area contributed by atoms with Gasteiger partial charge in [0.15, 0.2) is 0 Å². The van der Waals surface area contributed by atoms with Crippen LogP contribution >= 0.6 is 0 Å². The van der Waals surface area contributed by atoms with Gasteiger partial charge < -0.3 is 9.47 Å². The number of methoxy groups -OCH3 is 2. The topological polar surface area (TPSA) is 18.5 Å². The van der Waals surface area contributed by atoms with Crippen molar-refractivity contribution in [2.24, 2.45) is 11.8 Å². The quantitative estimate of drug-likeness (QED) is 0.587. The molecular formula is C13H28O2. The predicted octanol–water partition coefficient (Wildman–Crippen LogP) is 3.50. The van der Waals surface area contributed by atoms with Crippen molar-refractivity contribution >= 4 is 0 Å². The molecule has 0 aromatic rings. The number of rotatable bonds is 9. The fourth-order valence-corrected chi connectivity index (χ4v) is 1.98. The van der Waals surface area contributed by atoms with Crippen LogP contribution in [0.4, 0.5) is 0 Å². The Balaban J connectivity index is 3.86. The first-order valence-corrected chi connectivity index (χ1v) is 6.17. The average Bonchev–Trinajstić information content (AvgIpc) is 2.21. The Labute approximate surface area is 95.3 Å². The maximum absolute atomic E-state index is 5.56. The van der Waals surface area contributed by atoms with E-state index in [9.17, 15) is 0 Å². The minimum Gasteiger partial charge on any atom is -0.384 e. The molecule has 2 atom stereocenters. The van der Waals surface area contributed by atoms with Crippen LogP contribution in [0.25, 0.3) is 0 Å². The molecule has 0 amide bonds. The summed E-state index contributed by atoms with van der Waals surface area (Å²) in [5.41, 5.74) is 0. The Hall–Kier alpha value is -0.0800. The largest absolute Gasteiger partial charge is 0.384 e. The molecule has 0 bridgehead atoms. The molecule has 2 heteroatoms. The lowest BCUT2D eigenvalue weighted by molar-refractivity contribution is 0.00625. The van der Waals surface area contributed by atoms with Crippen LogP contribution in [0.3, 0.4) is 0 Å². The highest BCUT2D eigenvalue weighted by Gasteiger charge is 2.19. The molecule has 0 rings (SSSR count). The van der Waals surface area contributed by atoms with Gasteiger partial charge in [0, 0.05) is 20.1 Å². The van der Waals surface area contributed by atoms with Crippen LogP contribution in [0.1, 0.15) is 46.5 Å². The summed E-state index contributed by atoms with van der Waals surface area (Å²) < 4.78 is 10.8. The van der Waals surface area contributed by atoms with Gasteiger partial charge in [0.25, 0.3) is 0 Å². The first kappa shape index (κ1) is 14.9. The molecule has 92 valence electrons. The first-order chi connectivity index (χ1) is 7.15. The Morgan fingerprint density at radius 2 is 1.73 bits per heavy atom. The van der Waals surface area contributed by atoms with Crippen molar-refractivity contribution in [3.05, 3.63) is 0 Å². The zero-order chi connectivity index (χ0) is 11.7. The number of ether oxygens (including phenoxy) is 2. The molecule has 0 saturated heterocycles. The maximum Gasteiger partial charge on any atom is 0.0621 e. The smallest absolute Gasteiger partial charge is 0.0621 e. The molecular weight excluding hydrogens is 188 g/mol. The lowest BCUT2D eigenvalue weighted by Crippen LogP contribution is -2.26. The summed E-state index contributed by atoms with van der Waals surface area (Å²) in [5, 5.41) is 0. The number of hydrogen-bond donors (Lipinski definition) is 0. The second kappa shape index (κ2) is 9.17. The summed E-state index contributed by atoms with van der Waals surface area (Å²) in [4.78, 5) is 0. The lowest BCUT2D eigenvalue weighted by atomic mass is 9.94. The molecule has 0 aliphatic heterocycles. The zero-order valence-electron chi connectivity index (χ0n) is 11.1. The van der Waals surface area contributed by atoms with Crippen LogP contribution in [0.15, 0.2) is 0 Å². The lowest BCUT2D eigenvalue weighted by Gasteiger charge is -2.24. The van der Waals surface area contributed by atoms with E-state index in [-0.39, 0.29) is 0 Å². The highest BCUT2D eigenvalue weighted by atomic mass is 16.5. The summed E-state index contributed by atoms with van der Waals surface area (Å²) in [6.07, 6.45) is 5.22. The third-order valence-corrected chi connectivity index (χ3v) is 3.00. The summed E-state index contributed by atoms with van der Waals surface area (Å²) in [6, 6.07) is 0. The molecule has 2 unspecified atom stereocenters. The predicted molar refractivity (Wildman–Crippen MR) is 65.1 cm³/mol. The highest BCUT2D eigenvalue weighted by molar-refractivity contribution is 4.69. The Morgan fingerprint density at radius 1 is 1.07 bits per heavy atom. The van der Waals surface area contributed by atoms with Gasteiger partial charge in [-0.15, -0.1) is 0 Å². The van der Waals surface area contributed by atoms with Crippen LogP contribution < -0.4 is 0 Å². The van der Waals surface area contributed by atoms with Crippen molar-refractivity contribution in [3.63, 3.8) is 0 Å². The normalized spacial score (nSPS) is 15.6. The molecule has 0 N–H and O–H groups in total. The summed E-state index contributed by atoms with van der Waals surface area (Å²) in [6.45, 7) is 7.57. The molecule has 0 aliphatic rings. The van der Waals surface area contributed by atoms with Gasteiger partial charge in [-0.3, -0.25) is 0 Å². The van der Waals surface area contributed by atoms with Gasteiger partial charge in [0.2, 0.25) is 0 Å². The molecule has 2 nitrogen and oxygen atoms in total. The van der Waals surface area contributed by atoms with Gasteiger partial charge in [-0.25, -0.2) is 0 Å². The van der Waals surface area contributed by atoms with Crippen molar-refractivity contribution in [1.82, 2.24) is 0 Å². The van der Waals surface area contributed by atoms with Crippen molar-refractivity contribution in [2.45, 2.75) is 52.6 Å². The van der Waals surface area contributed by atoms with Crippen molar-refractivity contribution in [3.8, 4) is 0 Å². The summed E-state index contributed by atoms with van der Waals surface area (Å²) in [7, 11) is 3.59. The second-order valence-electron chi connectivity index (χ2n) is 4.72. The number of hydrogen-bond acceptors (Lipinski definition) is 2. The minimum absolute atomic E-state index is 0.369. The van der Waals surface area contributed by atoms with Crippen LogP contribution in [0.2, 0.25) is 0 Å². The summed E-state index contributed by atoms with van der Waals surface area (Å²) in [5.74, 6) is 1.34. The molecule has 0 heterocycles. The zero-order valence-corrected chi connectivity index (χ0v) is 11.1. The molecule has 0 aliphatic carbocycles. The van der Waals surface area contributed by atoms with Crippen molar-refractivity contribution < 1.29 is 9.47 Å². The van der Waals surface area contributed by atoms with Crippen LogP contribution in [-0.4, -0.2) is 26.9 Å². The minimum atomic E-state index is 0.369. The maximum atomic E-state index is 5.56. The molecule has 0 radical (unpaired) electrons. The molecule has 0 aromatic carbocycles. The van der Waals surface area contributed by atoms with E-state index >= 15 is 0 Å². The van der Waals surface area contributed by atoms with Gasteiger partial charge in [0.1, 0.15) is 0 Å². The Bertz CT molecular complexity index is 134. The van der Waals surface area contributed by atoms with Gasteiger partial charge in [0.05, 0.1) is 12.7 Å². The SMILES string of the molecule is CCC(COC)C(CCCC(C)C)OC. The first-order valence-electron chi connectivity index (χ1n) is 6.17. The fourth-order valence-electron chi connectivity index (χ4n) is 1.98. The van der Waals surface area contributed by atoms with E-state index in [0.717, 1.165) is 25.4 Å². The second-order valence-corrected chi connectivity index (χ2v) is 4.72. The van der Waals surface area contributed by atoms with E-state index in [0.29, 0.717) is 12.0 Å².